The van der Waals surface area contributed by atoms with Crippen LogP contribution in [0.1, 0.15) is 5.69 Å². The van der Waals surface area contributed by atoms with E-state index in [4.69, 9.17) is 4.74 Å². The molecule has 0 spiro atoms. The second-order valence-corrected chi connectivity index (χ2v) is 4.45. The van der Waals surface area contributed by atoms with E-state index in [0.29, 0.717) is 12.4 Å². The maximum Gasteiger partial charge on any atom is 0.245 e. The largest absolute Gasteiger partial charge is 0.473 e. The number of aromatic nitrogens is 4. The molecule has 2 aromatic heterocycles. The van der Waals surface area contributed by atoms with Gasteiger partial charge in [-0.2, -0.15) is 9.47 Å². The van der Waals surface area contributed by atoms with Gasteiger partial charge in [-0.05, 0) is 6.92 Å². The fourth-order valence-electron chi connectivity index (χ4n) is 1.46. The van der Waals surface area contributed by atoms with Crippen LogP contribution in [0.4, 0.5) is 5.69 Å². The summed E-state index contributed by atoms with van der Waals surface area (Å²) in [5, 5.41) is 17.1. The van der Waals surface area contributed by atoms with Gasteiger partial charge in [-0.3, -0.25) is 4.68 Å². The Morgan fingerprint density at radius 1 is 1.61 bits per heavy atom. The molecule has 1 atom stereocenters. The van der Waals surface area contributed by atoms with Crippen molar-refractivity contribution in [3.05, 3.63) is 18.1 Å². The molecule has 0 fully saturated rings. The molecule has 0 saturated carbocycles. The van der Waals surface area contributed by atoms with Crippen molar-refractivity contribution in [3.63, 3.8) is 0 Å². The van der Waals surface area contributed by atoms with Crippen LogP contribution in [-0.2, 0) is 7.05 Å². The third kappa shape index (κ3) is 3.41. The Bertz CT molecular complexity index is 484. The Morgan fingerprint density at radius 2 is 2.44 bits per heavy atom. The minimum atomic E-state index is -0.619. The Morgan fingerprint density at radius 3 is 3.06 bits per heavy atom. The Labute approximate surface area is 109 Å². The molecular formula is C10H15N5O2S. The monoisotopic (exact) mass is 269 g/mol. The summed E-state index contributed by atoms with van der Waals surface area (Å²) < 4.78 is 14.7. The lowest BCUT2D eigenvalue weighted by atomic mass is 10.3. The average Bonchev–Trinajstić information content (AvgIpc) is 2.94. The van der Waals surface area contributed by atoms with Gasteiger partial charge in [0.2, 0.25) is 5.88 Å². The normalized spacial score (nSPS) is 12.4. The van der Waals surface area contributed by atoms with Gasteiger partial charge in [0.25, 0.3) is 0 Å². The lowest BCUT2D eigenvalue weighted by Crippen LogP contribution is -2.26. The van der Waals surface area contributed by atoms with Crippen LogP contribution >= 0.6 is 11.7 Å². The summed E-state index contributed by atoms with van der Waals surface area (Å²) in [7, 11) is 1.85. The molecule has 0 aliphatic heterocycles. The zero-order valence-electron chi connectivity index (χ0n) is 10.2. The zero-order chi connectivity index (χ0) is 13.0. The Hall–Kier alpha value is -1.67. The molecule has 2 N–H and O–H groups in total. The zero-order valence-corrected chi connectivity index (χ0v) is 11.0. The molecule has 7 nitrogen and oxygen atoms in total. The van der Waals surface area contributed by atoms with E-state index in [-0.39, 0.29) is 6.61 Å². The van der Waals surface area contributed by atoms with Crippen LogP contribution in [0, 0.1) is 6.92 Å². The fraction of sp³-hybridized carbons (Fsp3) is 0.500. The van der Waals surface area contributed by atoms with E-state index < -0.39 is 6.10 Å². The lowest BCUT2D eigenvalue weighted by Gasteiger charge is -2.11. The molecule has 0 aliphatic rings. The molecule has 1 unspecified atom stereocenters. The van der Waals surface area contributed by atoms with Crippen molar-refractivity contribution in [2.45, 2.75) is 13.0 Å². The summed E-state index contributed by atoms with van der Waals surface area (Å²) in [6.45, 7) is 2.48. The van der Waals surface area contributed by atoms with Crippen LogP contribution in [0.3, 0.4) is 0 Å². The van der Waals surface area contributed by atoms with E-state index in [0.717, 1.165) is 23.1 Å². The van der Waals surface area contributed by atoms with Gasteiger partial charge in [-0.25, -0.2) is 0 Å². The molecule has 98 valence electrons. The Kier molecular flexibility index (Phi) is 4.11. The third-order valence-electron chi connectivity index (χ3n) is 2.31. The molecular weight excluding hydrogens is 254 g/mol. The summed E-state index contributed by atoms with van der Waals surface area (Å²) in [5.74, 6) is 0.441. The predicted octanol–water partition coefficient (Wildman–Crippen LogP) is 0.432. The second kappa shape index (κ2) is 5.78. The van der Waals surface area contributed by atoms with Gasteiger partial charge in [-0.1, -0.05) is 0 Å². The summed E-state index contributed by atoms with van der Waals surface area (Å²) in [6.07, 6.45) is 2.77. The highest BCUT2D eigenvalue weighted by Crippen LogP contribution is 2.11. The van der Waals surface area contributed by atoms with E-state index in [1.165, 1.54) is 6.20 Å². The molecule has 0 radical (unpaired) electrons. The fourth-order valence-corrected chi connectivity index (χ4v) is 1.83. The third-order valence-corrected chi connectivity index (χ3v) is 2.77. The molecule has 18 heavy (non-hydrogen) atoms. The maximum absolute atomic E-state index is 9.75. The number of hydrogen-bond acceptors (Lipinski definition) is 7. The first-order valence-electron chi connectivity index (χ1n) is 5.47. The first kappa shape index (κ1) is 12.8. The van der Waals surface area contributed by atoms with E-state index in [1.54, 1.807) is 4.68 Å². The smallest absolute Gasteiger partial charge is 0.245 e. The molecule has 0 aliphatic carbocycles. The summed E-state index contributed by atoms with van der Waals surface area (Å²) >= 11 is 1.07. The maximum atomic E-state index is 9.75. The van der Waals surface area contributed by atoms with E-state index in [9.17, 15) is 5.11 Å². The molecule has 2 rings (SSSR count). The molecule has 2 heterocycles. The van der Waals surface area contributed by atoms with Crippen molar-refractivity contribution in [2.24, 2.45) is 7.05 Å². The lowest BCUT2D eigenvalue weighted by molar-refractivity contribution is 0.115. The quantitative estimate of drug-likeness (QED) is 0.791. The van der Waals surface area contributed by atoms with Crippen molar-refractivity contribution in [2.75, 3.05) is 18.5 Å². The number of rotatable bonds is 6. The van der Waals surface area contributed by atoms with Crippen molar-refractivity contribution in [3.8, 4) is 5.88 Å². The highest BCUT2D eigenvalue weighted by atomic mass is 32.1. The number of aliphatic hydroxyl groups is 1. The number of hydrogen-bond donors (Lipinski definition) is 2. The van der Waals surface area contributed by atoms with Crippen molar-refractivity contribution < 1.29 is 9.84 Å². The van der Waals surface area contributed by atoms with Gasteiger partial charge >= 0.3 is 0 Å². The van der Waals surface area contributed by atoms with Gasteiger partial charge in [-0.15, -0.1) is 4.37 Å². The van der Waals surface area contributed by atoms with Crippen molar-refractivity contribution >= 4 is 17.4 Å². The van der Waals surface area contributed by atoms with Crippen molar-refractivity contribution in [1.82, 2.24) is 18.5 Å². The van der Waals surface area contributed by atoms with Crippen LogP contribution in [0.15, 0.2) is 12.4 Å². The van der Waals surface area contributed by atoms with E-state index in [2.05, 4.69) is 19.2 Å². The number of aliphatic hydroxyl groups excluding tert-OH is 1. The van der Waals surface area contributed by atoms with Gasteiger partial charge in [0.1, 0.15) is 18.9 Å². The number of ether oxygens (including phenoxy) is 1. The highest BCUT2D eigenvalue weighted by molar-refractivity contribution is 6.99. The van der Waals surface area contributed by atoms with Crippen LogP contribution < -0.4 is 10.1 Å². The standard InChI is InChI=1S/C10H15N5O2S/c1-7-9(5-15(2)13-7)11-3-8(16)6-17-10-4-12-18-14-10/h4-5,8,11,16H,3,6H2,1-2H3. The molecule has 8 heteroatoms. The van der Waals surface area contributed by atoms with Crippen LogP contribution in [0.2, 0.25) is 0 Å². The van der Waals surface area contributed by atoms with Crippen LogP contribution in [-0.4, -0.2) is 42.9 Å². The predicted molar refractivity (Wildman–Crippen MR) is 67.8 cm³/mol. The number of nitrogens with zero attached hydrogens (tertiary/aromatic N) is 4. The van der Waals surface area contributed by atoms with E-state index >= 15 is 0 Å². The van der Waals surface area contributed by atoms with Crippen molar-refractivity contribution in [1.29, 1.82) is 0 Å². The minimum Gasteiger partial charge on any atom is -0.473 e. The number of aryl methyl sites for hydroxylation is 2. The first-order valence-corrected chi connectivity index (χ1v) is 6.20. The van der Waals surface area contributed by atoms with E-state index in [1.807, 2.05) is 20.2 Å². The molecule has 0 aromatic carbocycles. The molecule has 0 saturated heterocycles. The Balaban J connectivity index is 1.74. The van der Waals surface area contributed by atoms with Crippen LogP contribution in [0.25, 0.3) is 0 Å². The minimum absolute atomic E-state index is 0.178. The molecule has 0 bridgehead atoms. The van der Waals surface area contributed by atoms with Gasteiger partial charge in [0.15, 0.2) is 0 Å². The first-order chi connectivity index (χ1) is 8.65. The average molecular weight is 269 g/mol. The topological polar surface area (TPSA) is 85.1 Å². The highest BCUT2D eigenvalue weighted by Gasteiger charge is 2.08. The number of anilines is 1. The second-order valence-electron chi connectivity index (χ2n) is 3.89. The summed E-state index contributed by atoms with van der Waals surface area (Å²) in [6, 6.07) is 0. The SMILES string of the molecule is Cc1nn(C)cc1NCC(O)COc1cnsn1. The summed E-state index contributed by atoms with van der Waals surface area (Å²) in [4.78, 5) is 0. The van der Waals surface area contributed by atoms with Crippen LogP contribution in [0.5, 0.6) is 5.88 Å². The number of nitrogens with one attached hydrogen (secondary N) is 1. The van der Waals surface area contributed by atoms with Gasteiger partial charge in [0.05, 0.1) is 23.1 Å². The molecule has 0 amide bonds. The summed E-state index contributed by atoms with van der Waals surface area (Å²) in [5.41, 5.74) is 1.81. The molecule has 2 aromatic rings. The van der Waals surface area contributed by atoms with Gasteiger partial charge in [0, 0.05) is 19.8 Å². The van der Waals surface area contributed by atoms with Gasteiger partial charge < -0.3 is 15.2 Å².